The molecule has 0 radical (unpaired) electrons. The Morgan fingerprint density at radius 2 is 1.83 bits per heavy atom. The molecule has 0 aliphatic carbocycles. The third-order valence-corrected chi connectivity index (χ3v) is 4.94. The third-order valence-electron chi connectivity index (χ3n) is 4.94. The van der Waals surface area contributed by atoms with Crippen molar-refractivity contribution in [1.29, 1.82) is 0 Å². The molecule has 0 unspecified atom stereocenters. The molecule has 0 saturated heterocycles. The molecule has 8 nitrogen and oxygen atoms in total. The molecular weight excluding hydrogens is 384 g/mol. The molecule has 0 saturated carbocycles. The highest BCUT2D eigenvalue weighted by Crippen LogP contribution is 2.21. The maximum Gasteiger partial charge on any atom is 0.337 e. The Labute approximate surface area is 170 Å². The lowest BCUT2D eigenvalue weighted by Gasteiger charge is -2.03. The fourth-order valence-electron chi connectivity index (χ4n) is 3.35. The molecule has 2 heterocycles. The van der Waals surface area contributed by atoms with E-state index in [2.05, 4.69) is 20.5 Å². The molecule has 0 aliphatic rings. The molecule has 4 N–H and O–H groups in total. The molecule has 1 amide bonds. The van der Waals surface area contributed by atoms with Gasteiger partial charge in [-0.05, 0) is 43.7 Å². The summed E-state index contributed by atoms with van der Waals surface area (Å²) in [4.78, 5) is 41.5. The molecule has 8 heteroatoms. The van der Waals surface area contributed by atoms with Crippen LogP contribution in [0, 0.1) is 0 Å². The van der Waals surface area contributed by atoms with Crippen LogP contribution < -0.4 is 5.43 Å². The van der Waals surface area contributed by atoms with Crippen molar-refractivity contribution in [1.82, 2.24) is 15.4 Å². The summed E-state index contributed by atoms with van der Waals surface area (Å²) < 4.78 is 0. The predicted molar refractivity (Wildman–Crippen MR) is 113 cm³/mol. The second kappa shape index (κ2) is 7.32. The Hall–Kier alpha value is -4.20. The number of hydrogen-bond donors (Lipinski definition) is 4. The number of carbonyl (C=O) groups excluding carboxylic acids is 2. The number of carboxylic acids is 1. The number of aromatic amines is 2. The van der Waals surface area contributed by atoms with Crippen molar-refractivity contribution >= 4 is 45.2 Å². The van der Waals surface area contributed by atoms with Crippen LogP contribution in [0.25, 0.3) is 21.8 Å². The quantitative estimate of drug-likeness (QED) is 0.230. The summed E-state index contributed by atoms with van der Waals surface area (Å²) in [6.07, 6.45) is 1.67. The number of para-hydroxylation sites is 1. The van der Waals surface area contributed by atoms with Crippen LogP contribution in [0.15, 0.2) is 53.8 Å². The number of Topliss-reactive ketones (excluding diaryl/α,β-unsaturated/α-hetero) is 1. The average molecular weight is 402 g/mol. The SMILES string of the molecule is CC(=O)c1c[nH]c2ccc(/C(C)=N\NC(=O)c3cc4cccc(C(=O)O)c4[nH]3)cc12. The maximum absolute atomic E-state index is 12.5. The summed E-state index contributed by atoms with van der Waals surface area (Å²) in [6, 6.07) is 11.9. The lowest BCUT2D eigenvalue weighted by atomic mass is 10.1. The molecule has 150 valence electrons. The molecule has 0 bridgehead atoms. The van der Waals surface area contributed by atoms with E-state index in [1.807, 2.05) is 18.2 Å². The number of rotatable bonds is 5. The first-order valence-electron chi connectivity index (χ1n) is 9.17. The highest BCUT2D eigenvalue weighted by Gasteiger charge is 2.15. The molecule has 0 aliphatic heterocycles. The van der Waals surface area contributed by atoms with Crippen LogP contribution in [0.3, 0.4) is 0 Å². The minimum Gasteiger partial charge on any atom is -0.478 e. The van der Waals surface area contributed by atoms with Crippen LogP contribution in [0.4, 0.5) is 0 Å². The minimum atomic E-state index is -1.08. The van der Waals surface area contributed by atoms with Gasteiger partial charge < -0.3 is 15.1 Å². The van der Waals surface area contributed by atoms with Gasteiger partial charge in [-0.2, -0.15) is 5.10 Å². The first-order valence-corrected chi connectivity index (χ1v) is 9.17. The van der Waals surface area contributed by atoms with Crippen molar-refractivity contribution in [2.24, 2.45) is 5.10 Å². The van der Waals surface area contributed by atoms with Crippen molar-refractivity contribution in [3.8, 4) is 0 Å². The zero-order chi connectivity index (χ0) is 21.4. The van der Waals surface area contributed by atoms with Gasteiger partial charge in [0, 0.05) is 28.0 Å². The summed E-state index contributed by atoms with van der Waals surface area (Å²) >= 11 is 0. The van der Waals surface area contributed by atoms with Gasteiger partial charge in [-0.15, -0.1) is 0 Å². The van der Waals surface area contributed by atoms with E-state index in [4.69, 9.17) is 0 Å². The number of carboxylic acid groups (broad SMARTS) is 1. The van der Waals surface area contributed by atoms with E-state index in [0.29, 0.717) is 22.2 Å². The fourth-order valence-corrected chi connectivity index (χ4v) is 3.35. The zero-order valence-electron chi connectivity index (χ0n) is 16.2. The number of ketones is 1. The van der Waals surface area contributed by atoms with Crippen molar-refractivity contribution in [2.45, 2.75) is 13.8 Å². The van der Waals surface area contributed by atoms with E-state index >= 15 is 0 Å². The molecular formula is C22H18N4O4. The summed E-state index contributed by atoms with van der Waals surface area (Å²) in [7, 11) is 0. The number of nitrogens with zero attached hydrogens (tertiary/aromatic N) is 1. The number of aromatic carboxylic acids is 1. The van der Waals surface area contributed by atoms with Gasteiger partial charge in [0.15, 0.2) is 5.78 Å². The molecule has 4 rings (SSSR count). The van der Waals surface area contributed by atoms with E-state index < -0.39 is 11.9 Å². The number of hydrazone groups is 1. The Bertz CT molecular complexity index is 1360. The van der Waals surface area contributed by atoms with E-state index in [1.165, 1.54) is 13.0 Å². The first kappa shape index (κ1) is 19.1. The van der Waals surface area contributed by atoms with E-state index in [-0.39, 0.29) is 17.0 Å². The average Bonchev–Trinajstić information content (AvgIpc) is 3.34. The normalized spacial score (nSPS) is 11.7. The number of carbonyl (C=O) groups is 3. The Morgan fingerprint density at radius 1 is 1.03 bits per heavy atom. The molecule has 0 atom stereocenters. The van der Waals surface area contributed by atoms with Crippen LogP contribution in [-0.2, 0) is 0 Å². The lowest BCUT2D eigenvalue weighted by molar-refractivity contribution is 0.0698. The van der Waals surface area contributed by atoms with E-state index in [1.54, 1.807) is 31.3 Å². The van der Waals surface area contributed by atoms with Crippen LogP contribution in [0.1, 0.15) is 50.6 Å². The zero-order valence-corrected chi connectivity index (χ0v) is 16.2. The van der Waals surface area contributed by atoms with Gasteiger partial charge in [-0.25, -0.2) is 10.2 Å². The third kappa shape index (κ3) is 3.35. The number of benzene rings is 2. The number of hydrogen-bond acceptors (Lipinski definition) is 4. The highest BCUT2D eigenvalue weighted by molar-refractivity contribution is 6.10. The van der Waals surface area contributed by atoms with Crippen LogP contribution >= 0.6 is 0 Å². The monoisotopic (exact) mass is 402 g/mol. The van der Waals surface area contributed by atoms with Gasteiger partial charge in [-0.1, -0.05) is 18.2 Å². The largest absolute Gasteiger partial charge is 0.478 e. The number of nitrogens with one attached hydrogen (secondary N) is 3. The van der Waals surface area contributed by atoms with Crippen LogP contribution in [0.5, 0.6) is 0 Å². The lowest BCUT2D eigenvalue weighted by Crippen LogP contribution is -2.19. The van der Waals surface area contributed by atoms with Crippen LogP contribution in [0.2, 0.25) is 0 Å². The Kier molecular flexibility index (Phi) is 4.67. The van der Waals surface area contributed by atoms with E-state index in [0.717, 1.165) is 16.5 Å². The first-order chi connectivity index (χ1) is 14.3. The number of amides is 1. The van der Waals surface area contributed by atoms with Gasteiger partial charge in [0.1, 0.15) is 5.69 Å². The predicted octanol–water partition coefficient (Wildman–Crippen LogP) is 3.70. The molecule has 0 spiro atoms. The number of fused-ring (bicyclic) bond motifs is 2. The fraction of sp³-hybridized carbons (Fsp3) is 0.0909. The Morgan fingerprint density at radius 3 is 2.57 bits per heavy atom. The molecule has 2 aromatic carbocycles. The van der Waals surface area contributed by atoms with Crippen molar-refractivity contribution in [3.05, 3.63) is 71.0 Å². The number of H-pyrrole nitrogens is 2. The van der Waals surface area contributed by atoms with E-state index in [9.17, 15) is 19.5 Å². The minimum absolute atomic E-state index is 0.0409. The summed E-state index contributed by atoms with van der Waals surface area (Å²) in [5.41, 5.74) is 5.91. The molecule has 4 aromatic rings. The second-order valence-corrected chi connectivity index (χ2v) is 6.92. The van der Waals surface area contributed by atoms with Gasteiger partial charge in [0.05, 0.1) is 16.8 Å². The molecule has 2 aromatic heterocycles. The summed E-state index contributed by atoms with van der Waals surface area (Å²) in [6.45, 7) is 3.25. The van der Waals surface area contributed by atoms with Gasteiger partial charge in [0.2, 0.25) is 0 Å². The summed E-state index contributed by atoms with van der Waals surface area (Å²) in [5, 5.41) is 14.8. The Balaban J connectivity index is 1.59. The molecule has 30 heavy (non-hydrogen) atoms. The summed E-state index contributed by atoms with van der Waals surface area (Å²) in [5.74, 6) is -1.61. The topological polar surface area (TPSA) is 127 Å². The van der Waals surface area contributed by atoms with Gasteiger partial charge >= 0.3 is 5.97 Å². The second-order valence-electron chi connectivity index (χ2n) is 6.92. The van der Waals surface area contributed by atoms with Gasteiger partial charge in [-0.3, -0.25) is 9.59 Å². The maximum atomic E-state index is 12.5. The van der Waals surface area contributed by atoms with Crippen molar-refractivity contribution in [2.75, 3.05) is 0 Å². The highest BCUT2D eigenvalue weighted by atomic mass is 16.4. The van der Waals surface area contributed by atoms with Crippen molar-refractivity contribution < 1.29 is 19.5 Å². The number of aromatic nitrogens is 2. The standard InChI is InChI=1S/C22H18N4O4/c1-11(13-6-7-18-16(8-13)17(10-23-18)12(2)27)25-26-21(28)19-9-14-4-3-5-15(22(29)30)20(14)24-19/h3-10,23-24H,1-2H3,(H,26,28)(H,29,30)/b25-11-. The van der Waals surface area contributed by atoms with Crippen molar-refractivity contribution in [3.63, 3.8) is 0 Å². The molecule has 0 fully saturated rings. The van der Waals surface area contributed by atoms with Gasteiger partial charge in [0.25, 0.3) is 5.91 Å². The smallest absolute Gasteiger partial charge is 0.337 e. The van der Waals surface area contributed by atoms with Crippen LogP contribution in [-0.4, -0.2) is 38.4 Å².